The number of allylic oxidation sites excluding steroid dienone is 1. The van der Waals surface area contributed by atoms with Gasteiger partial charge in [-0.15, -0.1) is 23.2 Å². The number of alkyl halides is 5. The van der Waals surface area contributed by atoms with Crippen molar-refractivity contribution in [2.75, 3.05) is 6.61 Å². The average molecular weight is 491 g/mol. The van der Waals surface area contributed by atoms with E-state index in [0.29, 0.717) is 0 Å². The molecule has 11 heteroatoms. The Morgan fingerprint density at radius 1 is 1.10 bits per heavy atom. The number of ether oxygens (including phenoxy) is 3. The van der Waals surface area contributed by atoms with Gasteiger partial charge in [0.05, 0.1) is 17.9 Å². The summed E-state index contributed by atoms with van der Waals surface area (Å²) in [6, 6.07) is 7.25. The summed E-state index contributed by atoms with van der Waals surface area (Å²) in [5.41, 5.74) is 0. The van der Waals surface area contributed by atoms with Crippen LogP contribution in [0.2, 0.25) is 10.0 Å². The normalized spacial score (nSPS) is 13.0. The Hall–Kier alpha value is -1.54. The van der Waals surface area contributed by atoms with Crippen molar-refractivity contribution in [3.63, 3.8) is 0 Å². The Morgan fingerprint density at radius 3 is 2.48 bits per heavy atom. The molecule has 0 spiro atoms. The van der Waals surface area contributed by atoms with Crippen molar-refractivity contribution in [2.45, 2.75) is 23.5 Å². The van der Waals surface area contributed by atoms with E-state index in [9.17, 15) is 13.2 Å². The summed E-state index contributed by atoms with van der Waals surface area (Å²) in [5, 5.41) is 0.189. The van der Waals surface area contributed by atoms with E-state index in [4.69, 9.17) is 60.6 Å². The molecule has 0 aliphatic heterocycles. The van der Waals surface area contributed by atoms with Crippen LogP contribution in [-0.4, -0.2) is 28.7 Å². The zero-order valence-corrected chi connectivity index (χ0v) is 17.5. The molecule has 0 bridgehead atoms. The summed E-state index contributed by atoms with van der Waals surface area (Å²) in [7, 11) is 0. The Labute approximate surface area is 185 Å². The summed E-state index contributed by atoms with van der Waals surface area (Å²) < 4.78 is 55.5. The van der Waals surface area contributed by atoms with Crippen molar-refractivity contribution in [2.24, 2.45) is 0 Å². The fourth-order valence-electron chi connectivity index (χ4n) is 2.03. The van der Waals surface area contributed by atoms with Crippen LogP contribution in [0.15, 0.2) is 48.9 Å². The van der Waals surface area contributed by atoms with Crippen LogP contribution in [0.4, 0.5) is 13.2 Å². The highest BCUT2D eigenvalue weighted by Crippen LogP contribution is 2.40. The molecule has 29 heavy (non-hydrogen) atoms. The Balaban J connectivity index is 2.08. The van der Waals surface area contributed by atoms with Gasteiger partial charge in [-0.2, -0.15) is 13.2 Å². The molecule has 4 nitrogen and oxygen atoms in total. The third-order valence-electron chi connectivity index (χ3n) is 3.33. The molecule has 1 aromatic carbocycles. The monoisotopic (exact) mass is 489 g/mol. The molecule has 0 fully saturated rings. The van der Waals surface area contributed by atoms with Gasteiger partial charge in [0.1, 0.15) is 9.86 Å². The van der Waals surface area contributed by atoms with Gasteiger partial charge in [0.2, 0.25) is 5.88 Å². The van der Waals surface area contributed by atoms with Crippen molar-refractivity contribution < 1.29 is 27.4 Å². The van der Waals surface area contributed by atoms with Crippen LogP contribution in [0, 0.1) is 0 Å². The molecule has 0 aliphatic rings. The maximum Gasteiger partial charge on any atom is 0.425 e. The molecule has 0 saturated heterocycles. The molecule has 0 radical (unpaired) electrons. The van der Waals surface area contributed by atoms with Gasteiger partial charge >= 0.3 is 6.18 Å². The van der Waals surface area contributed by atoms with Crippen molar-refractivity contribution in [3.8, 4) is 17.4 Å². The van der Waals surface area contributed by atoms with E-state index >= 15 is 0 Å². The van der Waals surface area contributed by atoms with E-state index < -0.39 is 23.5 Å². The van der Waals surface area contributed by atoms with E-state index in [-0.39, 0.29) is 34.0 Å². The van der Waals surface area contributed by atoms with Gasteiger partial charge in [-0.3, -0.25) is 0 Å². The van der Waals surface area contributed by atoms with Crippen LogP contribution in [-0.2, 0) is 0 Å². The predicted octanol–water partition coefficient (Wildman–Crippen LogP) is 6.86. The Bertz CT molecular complexity index is 820. The molecular formula is C18H14Cl4F3NO3. The van der Waals surface area contributed by atoms with Gasteiger partial charge in [0.15, 0.2) is 17.6 Å². The van der Waals surface area contributed by atoms with Crippen molar-refractivity contribution in [3.05, 3.63) is 58.9 Å². The van der Waals surface area contributed by atoms with Crippen LogP contribution < -0.4 is 14.2 Å². The second kappa shape index (κ2) is 11.0. The van der Waals surface area contributed by atoms with Crippen molar-refractivity contribution >= 4 is 46.4 Å². The first-order valence-electron chi connectivity index (χ1n) is 8.05. The lowest BCUT2D eigenvalue weighted by molar-refractivity contribution is -0.198. The van der Waals surface area contributed by atoms with Crippen LogP contribution in [0.3, 0.4) is 0 Å². The molecule has 158 valence electrons. The smallest absolute Gasteiger partial charge is 0.425 e. The zero-order chi connectivity index (χ0) is 21.4. The van der Waals surface area contributed by atoms with E-state index in [1.54, 1.807) is 6.07 Å². The minimum atomic E-state index is -4.61. The van der Waals surface area contributed by atoms with Gasteiger partial charge in [-0.05, 0) is 24.3 Å². The number of halogens is 7. The minimum Gasteiger partial charge on any atom is -0.489 e. The summed E-state index contributed by atoms with van der Waals surface area (Å²) >= 11 is 23.2. The van der Waals surface area contributed by atoms with Gasteiger partial charge in [0, 0.05) is 18.7 Å². The van der Waals surface area contributed by atoms with E-state index in [1.165, 1.54) is 36.5 Å². The van der Waals surface area contributed by atoms with E-state index in [2.05, 4.69) is 4.98 Å². The molecule has 0 amide bonds. The van der Waals surface area contributed by atoms with Crippen LogP contribution in [0.1, 0.15) is 6.42 Å². The highest BCUT2D eigenvalue weighted by molar-refractivity contribution is 6.45. The van der Waals surface area contributed by atoms with Crippen molar-refractivity contribution in [1.29, 1.82) is 0 Å². The fourth-order valence-corrected chi connectivity index (χ4v) is 2.50. The molecule has 0 aliphatic carbocycles. The third kappa shape index (κ3) is 7.66. The molecule has 1 aromatic heterocycles. The summed E-state index contributed by atoms with van der Waals surface area (Å²) in [4.78, 5) is 2.91. The van der Waals surface area contributed by atoms with Crippen LogP contribution in [0.5, 0.6) is 17.4 Å². The summed E-state index contributed by atoms with van der Waals surface area (Å²) in [6.45, 7) is -0.345. The largest absolute Gasteiger partial charge is 0.489 e. The first kappa shape index (κ1) is 23.7. The Kier molecular flexibility index (Phi) is 9.02. The number of benzene rings is 1. The second-order valence-electron chi connectivity index (χ2n) is 5.42. The molecule has 1 atom stereocenters. The SMILES string of the molecule is FC(F)(F)C(CCOc1ccc(Cl)c(Cl)c1OC=CC(Cl)Cl)Oc1ccccn1. The minimum absolute atomic E-state index is 0.0126. The van der Waals surface area contributed by atoms with Gasteiger partial charge in [-0.25, -0.2) is 4.98 Å². The topological polar surface area (TPSA) is 40.6 Å². The summed E-state index contributed by atoms with van der Waals surface area (Å²) in [6.07, 6.45) is -3.42. The number of hydrogen-bond acceptors (Lipinski definition) is 4. The van der Waals surface area contributed by atoms with Crippen LogP contribution in [0.25, 0.3) is 0 Å². The van der Waals surface area contributed by atoms with Gasteiger partial charge < -0.3 is 14.2 Å². The van der Waals surface area contributed by atoms with Crippen molar-refractivity contribution in [1.82, 2.24) is 4.98 Å². The second-order valence-corrected chi connectivity index (χ2v) is 7.37. The number of aromatic nitrogens is 1. The fraction of sp³-hybridized carbons (Fsp3) is 0.278. The molecule has 0 N–H and O–H groups in total. The lowest BCUT2D eigenvalue weighted by Crippen LogP contribution is -2.36. The lowest BCUT2D eigenvalue weighted by atomic mass is 10.2. The maximum atomic E-state index is 13.3. The third-order valence-corrected chi connectivity index (χ3v) is 4.41. The lowest BCUT2D eigenvalue weighted by Gasteiger charge is -2.21. The van der Waals surface area contributed by atoms with Gasteiger partial charge in [-0.1, -0.05) is 29.3 Å². The highest BCUT2D eigenvalue weighted by Gasteiger charge is 2.42. The van der Waals surface area contributed by atoms with E-state index in [0.717, 1.165) is 6.26 Å². The number of hydrogen-bond donors (Lipinski definition) is 0. The maximum absolute atomic E-state index is 13.3. The number of pyridine rings is 1. The zero-order valence-electron chi connectivity index (χ0n) is 14.5. The molecule has 1 unspecified atom stereocenters. The number of rotatable bonds is 9. The van der Waals surface area contributed by atoms with Gasteiger partial charge in [0.25, 0.3) is 0 Å². The molecule has 1 heterocycles. The molecule has 2 aromatic rings. The Morgan fingerprint density at radius 2 is 1.86 bits per heavy atom. The predicted molar refractivity (Wildman–Crippen MR) is 107 cm³/mol. The van der Waals surface area contributed by atoms with Crippen LogP contribution >= 0.6 is 46.4 Å². The standard InChI is InChI=1S/C18H14Cl4F3NO3/c19-11-4-5-12(17(16(11)22)28-10-7-14(20)21)27-9-6-13(18(23,24)25)29-15-3-1-2-8-26-15/h1-5,7-8,10,13-14H,6,9H2. The quantitative estimate of drug-likeness (QED) is 0.284. The first-order valence-corrected chi connectivity index (χ1v) is 9.68. The average Bonchev–Trinajstić information content (AvgIpc) is 2.65. The number of nitrogens with zero attached hydrogens (tertiary/aromatic N) is 1. The molecule has 0 saturated carbocycles. The first-order chi connectivity index (χ1) is 13.7. The summed E-state index contributed by atoms with van der Waals surface area (Å²) in [5.74, 6) is -0.0441. The highest BCUT2D eigenvalue weighted by atomic mass is 35.5. The van der Waals surface area contributed by atoms with E-state index in [1.807, 2.05) is 0 Å². The molecule has 2 rings (SSSR count). The molecular weight excluding hydrogens is 477 g/mol.